The Labute approximate surface area is 107 Å². The van der Waals surface area contributed by atoms with Crippen LogP contribution in [0.3, 0.4) is 0 Å². The molecule has 2 heteroatoms. The lowest BCUT2D eigenvalue weighted by molar-refractivity contribution is 0.0657. The predicted molar refractivity (Wildman–Crippen MR) is 74.2 cm³/mol. The van der Waals surface area contributed by atoms with Crippen molar-refractivity contribution in [3.8, 4) is 0 Å². The van der Waals surface area contributed by atoms with E-state index in [9.17, 15) is 0 Å². The summed E-state index contributed by atoms with van der Waals surface area (Å²) in [6, 6.07) is 0. The van der Waals surface area contributed by atoms with Gasteiger partial charge in [0.2, 0.25) is 0 Å². The van der Waals surface area contributed by atoms with Crippen molar-refractivity contribution in [1.82, 2.24) is 10.2 Å². The second kappa shape index (κ2) is 5.71. The third-order valence-electron chi connectivity index (χ3n) is 5.37. The fourth-order valence-electron chi connectivity index (χ4n) is 3.25. The fraction of sp³-hybridized carbons (Fsp3) is 1.00. The molecule has 0 saturated carbocycles. The van der Waals surface area contributed by atoms with Gasteiger partial charge in [-0.2, -0.15) is 0 Å². The summed E-state index contributed by atoms with van der Waals surface area (Å²) >= 11 is 0. The molecule has 0 radical (unpaired) electrons. The largest absolute Gasteiger partial charge is 0.317 e. The van der Waals surface area contributed by atoms with Crippen molar-refractivity contribution in [3.05, 3.63) is 0 Å². The zero-order valence-corrected chi connectivity index (χ0v) is 12.0. The van der Waals surface area contributed by atoms with Crippen LogP contribution in [0.25, 0.3) is 0 Å². The molecule has 0 aromatic heterocycles. The molecule has 0 aromatic rings. The molecule has 2 rings (SSSR count). The maximum absolute atomic E-state index is 3.46. The minimum atomic E-state index is 0.602. The second-order valence-corrected chi connectivity index (χ2v) is 6.80. The van der Waals surface area contributed by atoms with Gasteiger partial charge in [0.15, 0.2) is 0 Å². The lowest BCUT2D eigenvalue weighted by Gasteiger charge is -2.43. The molecule has 2 heterocycles. The van der Waals surface area contributed by atoms with E-state index < -0.39 is 0 Å². The van der Waals surface area contributed by atoms with Gasteiger partial charge in [-0.3, -0.25) is 0 Å². The van der Waals surface area contributed by atoms with Crippen molar-refractivity contribution in [2.75, 3.05) is 32.7 Å². The van der Waals surface area contributed by atoms with Crippen molar-refractivity contribution >= 4 is 0 Å². The van der Waals surface area contributed by atoms with Crippen LogP contribution in [0.1, 0.15) is 46.5 Å². The highest BCUT2D eigenvalue weighted by molar-refractivity contribution is 4.85. The first-order chi connectivity index (χ1) is 8.10. The predicted octanol–water partition coefficient (Wildman–Crippen LogP) is 2.74. The van der Waals surface area contributed by atoms with Crippen molar-refractivity contribution in [2.24, 2.45) is 17.3 Å². The van der Waals surface area contributed by atoms with E-state index in [4.69, 9.17) is 0 Å². The summed E-state index contributed by atoms with van der Waals surface area (Å²) in [5.41, 5.74) is 0.602. The van der Waals surface area contributed by atoms with E-state index in [1.165, 1.54) is 58.4 Å². The summed E-state index contributed by atoms with van der Waals surface area (Å²) in [6.07, 6.45) is 5.57. The summed E-state index contributed by atoms with van der Waals surface area (Å²) in [5, 5.41) is 3.46. The normalized spacial score (nSPS) is 27.5. The Kier molecular flexibility index (Phi) is 4.48. The quantitative estimate of drug-likeness (QED) is 0.813. The van der Waals surface area contributed by atoms with Gasteiger partial charge in [-0.15, -0.1) is 0 Å². The van der Waals surface area contributed by atoms with Crippen molar-refractivity contribution in [1.29, 1.82) is 0 Å². The first kappa shape index (κ1) is 13.4. The van der Waals surface area contributed by atoms with Crippen LogP contribution in [0.15, 0.2) is 0 Å². The van der Waals surface area contributed by atoms with E-state index in [1.54, 1.807) is 0 Å². The first-order valence-electron chi connectivity index (χ1n) is 7.53. The number of piperidine rings is 2. The number of rotatable bonds is 3. The van der Waals surface area contributed by atoms with Gasteiger partial charge >= 0.3 is 0 Å². The first-order valence-corrected chi connectivity index (χ1v) is 7.53. The monoisotopic (exact) mass is 238 g/mol. The third-order valence-corrected chi connectivity index (χ3v) is 5.37. The number of hydrogen-bond donors (Lipinski definition) is 1. The fourth-order valence-corrected chi connectivity index (χ4v) is 3.25. The molecule has 100 valence electrons. The lowest BCUT2D eigenvalue weighted by atomic mass is 9.72. The van der Waals surface area contributed by atoms with Crippen LogP contribution in [-0.4, -0.2) is 37.6 Å². The van der Waals surface area contributed by atoms with Gasteiger partial charge in [0.1, 0.15) is 0 Å². The zero-order valence-electron chi connectivity index (χ0n) is 12.0. The third kappa shape index (κ3) is 3.45. The summed E-state index contributed by atoms with van der Waals surface area (Å²) < 4.78 is 0. The Bertz CT molecular complexity index is 223. The molecule has 0 aliphatic carbocycles. The van der Waals surface area contributed by atoms with E-state index in [2.05, 4.69) is 31.0 Å². The highest BCUT2D eigenvalue weighted by atomic mass is 15.1. The molecule has 17 heavy (non-hydrogen) atoms. The summed E-state index contributed by atoms with van der Waals surface area (Å²) in [6.45, 7) is 13.8. The van der Waals surface area contributed by atoms with E-state index in [1.807, 2.05) is 0 Å². The molecule has 0 amide bonds. The summed E-state index contributed by atoms with van der Waals surface area (Å²) in [4.78, 5) is 2.72. The van der Waals surface area contributed by atoms with E-state index in [0.717, 1.165) is 11.8 Å². The maximum Gasteiger partial charge on any atom is 0.00106 e. The van der Waals surface area contributed by atoms with Crippen molar-refractivity contribution in [2.45, 2.75) is 46.5 Å². The van der Waals surface area contributed by atoms with Crippen LogP contribution < -0.4 is 5.32 Å². The van der Waals surface area contributed by atoms with Crippen LogP contribution >= 0.6 is 0 Å². The Balaban J connectivity index is 1.75. The minimum absolute atomic E-state index is 0.602. The van der Waals surface area contributed by atoms with Gasteiger partial charge in [0.05, 0.1) is 0 Å². The van der Waals surface area contributed by atoms with E-state index in [0.29, 0.717) is 5.41 Å². The van der Waals surface area contributed by atoms with E-state index >= 15 is 0 Å². The second-order valence-electron chi connectivity index (χ2n) is 6.80. The van der Waals surface area contributed by atoms with Crippen LogP contribution in [0, 0.1) is 17.3 Å². The number of likely N-dealkylation sites (tertiary alicyclic amines) is 1. The molecule has 2 saturated heterocycles. The molecule has 2 fully saturated rings. The molecule has 0 spiro atoms. The minimum Gasteiger partial charge on any atom is -0.317 e. The van der Waals surface area contributed by atoms with Crippen LogP contribution in [0.5, 0.6) is 0 Å². The molecule has 2 nitrogen and oxygen atoms in total. The molecule has 2 aliphatic rings. The topological polar surface area (TPSA) is 15.3 Å². The zero-order chi connectivity index (χ0) is 12.3. The van der Waals surface area contributed by atoms with Gasteiger partial charge in [0.25, 0.3) is 0 Å². The number of hydrogen-bond acceptors (Lipinski definition) is 2. The van der Waals surface area contributed by atoms with Crippen LogP contribution in [0.2, 0.25) is 0 Å². The molecule has 1 N–H and O–H groups in total. The molecule has 2 aliphatic heterocycles. The highest BCUT2D eigenvalue weighted by Crippen LogP contribution is 2.38. The Morgan fingerprint density at radius 1 is 1.18 bits per heavy atom. The van der Waals surface area contributed by atoms with E-state index in [-0.39, 0.29) is 0 Å². The average molecular weight is 238 g/mol. The molecular weight excluding hydrogens is 208 g/mol. The van der Waals surface area contributed by atoms with Gasteiger partial charge in [-0.1, -0.05) is 20.8 Å². The molecule has 0 atom stereocenters. The lowest BCUT2D eigenvalue weighted by Crippen LogP contribution is -2.44. The molecule has 0 aromatic carbocycles. The average Bonchev–Trinajstić information content (AvgIpc) is 2.33. The number of nitrogens with zero attached hydrogens (tertiary/aromatic N) is 1. The standard InChI is InChI=1S/C15H30N2/c1-13(2)15(3)6-10-17(11-7-15)12-14-4-8-16-9-5-14/h13-14,16H,4-12H2,1-3H3. The van der Waals surface area contributed by atoms with Crippen LogP contribution in [-0.2, 0) is 0 Å². The summed E-state index contributed by atoms with van der Waals surface area (Å²) in [5.74, 6) is 1.79. The smallest absolute Gasteiger partial charge is 0.00106 e. The maximum atomic E-state index is 3.46. The van der Waals surface area contributed by atoms with Gasteiger partial charge in [-0.05, 0) is 69.1 Å². The molecular formula is C15H30N2. The highest BCUT2D eigenvalue weighted by Gasteiger charge is 2.33. The van der Waals surface area contributed by atoms with Gasteiger partial charge in [0, 0.05) is 6.54 Å². The molecule has 0 unspecified atom stereocenters. The molecule has 0 bridgehead atoms. The SMILES string of the molecule is CC(C)C1(C)CCN(CC2CCNCC2)CC1. The van der Waals surface area contributed by atoms with Crippen LogP contribution in [0.4, 0.5) is 0 Å². The number of nitrogens with one attached hydrogen (secondary N) is 1. The summed E-state index contributed by atoms with van der Waals surface area (Å²) in [7, 11) is 0. The Morgan fingerprint density at radius 2 is 1.76 bits per heavy atom. The van der Waals surface area contributed by atoms with Gasteiger partial charge < -0.3 is 10.2 Å². The Morgan fingerprint density at radius 3 is 2.29 bits per heavy atom. The van der Waals surface area contributed by atoms with Crippen molar-refractivity contribution in [3.63, 3.8) is 0 Å². The van der Waals surface area contributed by atoms with Gasteiger partial charge in [-0.25, -0.2) is 0 Å². The van der Waals surface area contributed by atoms with Crippen molar-refractivity contribution < 1.29 is 0 Å². The Hall–Kier alpha value is -0.0800.